The lowest BCUT2D eigenvalue weighted by atomic mass is 9.92. The fraction of sp³-hybridized carbons (Fsp3) is 0.818. The van der Waals surface area contributed by atoms with E-state index < -0.39 is 5.41 Å². The van der Waals surface area contributed by atoms with Gasteiger partial charge in [-0.05, 0) is 27.2 Å². The first-order chi connectivity index (χ1) is 7.56. The minimum Gasteiger partial charge on any atom is -0.356 e. The molecule has 0 radical (unpaired) electrons. The summed E-state index contributed by atoms with van der Waals surface area (Å²) in [5.41, 5.74) is -0.419. The summed E-state index contributed by atoms with van der Waals surface area (Å²) in [6, 6.07) is 0. The van der Waals surface area contributed by atoms with E-state index in [1.807, 2.05) is 20.8 Å². The van der Waals surface area contributed by atoms with Crippen molar-refractivity contribution in [1.82, 2.24) is 16.0 Å². The van der Waals surface area contributed by atoms with Crippen LogP contribution in [0.1, 0.15) is 27.2 Å². The van der Waals surface area contributed by atoms with Crippen LogP contribution in [0, 0.1) is 5.41 Å². The molecule has 0 aliphatic carbocycles. The van der Waals surface area contributed by atoms with Gasteiger partial charge in [0.05, 0.1) is 5.41 Å². The van der Waals surface area contributed by atoms with Crippen molar-refractivity contribution in [2.75, 3.05) is 26.2 Å². The fourth-order valence-corrected chi connectivity index (χ4v) is 1.44. The number of hydrogen-bond acceptors (Lipinski definition) is 4. The molecular formula is C11H23IN4O. The second kappa shape index (κ2) is 7.73. The molecule has 17 heavy (non-hydrogen) atoms. The second-order valence-corrected chi connectivity index (χ2v) is 4.61. The maximum atomic E-state index is 11.7. The van der Waals surface area contributed by atoms with Crippen LogP contribution in [-0.2, 0) is 4.79 Å². The largest absolute Gasteiger partial charge is 0.356 e. The Morgan fingerprint density at radius 2 is 2.24 bits per heavy atom. The van der Waals surface area contributed by atoms with Gasteiger partial charge in [-0.3, -0.25) is 9.79 Å². The SMILES string of the molecule is CCNC(=O)C(C)(C)CNC1=NCCCN1.I. The van der Waals surface area contributed by atoms with Gasteiger partial charge in [-0.25, -0.2) is 0 Å². The predicted molar refractivity (Wildman–Crippen MR) is 80.8 cm³/mol. The van der Waals surface area contributed by atoms with Crippen molar-refractivity contribution in [1.29, 1.82) is 0 Å². The van der Waals surface area contributed by atoms with Crippen LogP contribution >= 0.6 is 24.0 Å². The maximum absolute atomic E-state index is 11.7. The third-order valence-corrected chi connectivity index (χ3v) is 2.55. The molecular weight excluding hydrogens is 331 g/mol. The molecule has 6 heteroatoms. The van der Waals surface area contributed by atoms with Gasteiger partial charge in [-0.15, -0.1) is 24.0 Å². The van der Waals surface area contributed by atoms with Crippen LogP contribution in [0.5, 0.6) is 0 Å². The summed E-state index contributed by atoms with van der Waals surface area (Å²) in [6.45, 7) is 8.84. The number of amides is 1. The maximum Gasteiger partial charge on any atom is 0.227 e. The summed E-state index contributed by atoms with van der Waals surface area (Å²) in [4.78, 5) is 16.0. The molecule has 0 fully saturated rings. The minimum absolute atomic E-state index is 0. The Morgan fingerprint density at radius 3 is 2.76 bits per heavy atom. The molecule has 0 bridgehead atoms. The predicted octanol–water partition coefficient (Wildman–Crippen LogP) is 0.706. The highest BCUT2D eigenvalue weighted by atomic mass is 127. The lowest BCUT2D eigenvalue weighted by molar-refractivity contribution is -0.128. The minimum atomic E-state index is -0.419. The number of rotatable bonds is 4. The van der Waals surface area contributed by atoms with Crippen molar-refractivity contribution >= 4 is 35.8 Å². The smallest absolute Gasteiger partial charge is 0.227 e. The van der Waals surface area contributed by atoms with Crippen LogP contribution in [-0.4, -0.2) is 38.0 Å². The monoisotopic (exact) mass is 354 g/mol. The molecule has 0 aromatic carbocycles. The van der Waals surface area contributed by atoms with Gasteiger partial charge in [0.15, 0.2) is 5.96 Å². The summed E-state index contributed by atoms with van der Waals surface area (Å²) < 4.78 is 0. The van der Waals surface area contributed by atoms with E-state index in [4.69, 9.17) is 0 Å². The highest BCUT2D eigenvalue weighted by molar-refractivity contribution is 14.0. The van der Waals surface area contributed by atoms with Gasteiger partial charge in [-0.2, -0.15) is 0 Å². The molecule has 5 nitrogen and oxygen atoms in total. The zero-order valence-corrected chi connectivity index (χ0v) is 13.1. The molecule has 1 aliphatic rings. The normalized spacial score (nSPS) is 15.1. The number of nitrogens with zero attached hydrogens (tertiary/aromatic N) is 1. The molecule has 1 rings (SSSR count). The average Bonchev–Trinajstić information content (AvgIpc) is 2.28. The summed E-state index contributed by atoms with van der Waals surface area (Å²) in [5, 5.41) is 9.18. The Kier molecular flexibility index (Phi) is 7.49. The van der Waals surface area contributed by atoms with E-state index in [1.54, 1.807) is 0 Å². The first-order valence-electron chi connectivity index (χ1n) is 5.87. The third-order valence-electron chi connectivity index (χ3n) is 2.55. The Labute approximate surface area is 120 Å². The van der Waals surface area contributed by atoms with Crippen molar-refractivity contribution in [2.45, 2.75) is 27.2 Å². The summed E-state index contributed by atoms with van der Waals surface area (Å²) >= 11 is 0. The van der Waals surface area contributed by atoms with E-state index in [0.717, 1.165) is 25.5 Å². The molecule has 0 aromatic heterocycles. The van der Waals surface area contributed by atoms with Crippen LogP contribution < -0.4 is 16.0 Å². The van der Waals surface area contributed by atoms with Crippen molar-refractivity contribution in [2.24, 2.45) is 10.4 Å². The van der Waals surface area contributed by atoms with E-state index in [2.05, 4.69) is 20.9 Å². The van der Waals surface area contributed by atoms with E-state index >= 15 is 0 Å². The first-order valence-corrected chi connectivity index (χ1v) is 5.87. The molecule has 100 valence electrons. The lowest BCUT2D eigenvalue weighted by Gasteiger charge is -2.25. The molecule has 0 aromatic rings. The number of carbonyl (C=O) groups is 1. The van der Waals surface area contributed by atoms with Crippen LogP contribution in [0.2, 0.25) is 0 Å². The Morgan fingerprint density at radius 1 is 1.53 bits per heavy atom. The van der Waals surface area contributed by atoms with Crippen molar-refractivity contribution in [3.63, 3.8) is 0 Å². The lowest BCUT2D eigenvalue weighted by Crippen LogP contribution is -2.49. The molecule has 1 heterocycles. The van der Waals surface area contributed by atoms with E-state index in [9.17, 15) is 4.79 Å². The van der Waals surface area contributed by atoms with Gasteiger partial charge in [0.1, 0.15) is 0 Å². The van der Waals surface area contributed by atoms with Gasteiger partial charge < -0.3 is 16.0 Å². The quantitative estimate of drug-likeness (QED) is 0.652. The van der Waals surface area contributed by atoms with E-state index in [1.165, 1.54) is 0 Å². The molecule has 3 N–H and O–H groups in total. The number of carbonyl (C=O) groups excluding carboxylic acids is 1. The van der Waals surface area contributed by atoms with Gasteiger partial charge in [0.25, 0.3) is 0 Å². The standard InChI is InChI=1S/C11H22N4O.HI/c1-4-12-9(16)11(2,3)8-15-10-13-6-5-7-14-10;/h4-8H2,1-3H3,(H,12,16)(H2,13,14,15);1H. The number of hydrogen-bond donors (Lipinski definition) is 3. The Hall–Kier alpha value is -0.530. The molecule has 0 unspecified atom stereocenters. The van der Waals surface area contributed by atoms with Crippen LogP contribution in [0.3, 0.4) is 0 Å². The average molecular weight is 354 g/mol. The fourth-order valence-electron chi connectivity index (χ4n) is 1.44. The van der Waals surface area contributed by atoms with Crippen molar-refractivity contribution in [3.8, 4) is 0 Å². The summed E-state index contributed by atoms with van der Waals surface area (Å²) in [7, 11) is 0. The second-order valence-electron chi connectivity index (χ2n) is 4.61. The highest BCUT2D eigenvalue weighted by Gasteiger charge is 2.27. The van der Waals surface area contributed by atoms with Crippen LogP contribution in [0.15, 0.2) is 4.99 Å². The molecule has 0 saturated carbocycles. The van der Waals surface area contributed by atoms with E-state index in [-0.39, 0.29) is 29.9 Å². The molecule has 0 spiro atoms. The summed E-state index contributed by atoms with van der Waals surface area (Å²) in [5.74, 6) is 0.877. The Bertz CT molecular complexity index is 279. The van der Waals surface area contributed by atoms with Crippen molar-refractivity contribution in [3.05, 3.63) is 0 Å². The Balaban J connectivity index is 0.00000256. The zero-order chi connectivity index (χ0) is 12.0. The first kappa shape index (κ1) is 16.5. The molecule has 1 amide bonds. The molecule has 0 atom stereocenters. The van der Waals surface area contributed by atoms with Crippen molar-refractivity contribution < 1.29 is 4.79 Å². The third kappa shape index (κ3) is 5.56. The van der Waals surface area contributed by atoms with Gasteiger partial charge in [0, 0.05) is 26.2 Å². The number of guanidine groups is 1. The number of halogens is 1. The number of aliphatic imine (C=N–C) groups is 1. The molecule has 0 saturated heterocycles. The summed E-state index contributed by atoms with van der Waals surface area (Å²) in [6.07, 6.45) is 1.07. The van der Waals surface area contributed by atoms with Gasteiger partial charge in [0.2, 0.25) is 5.91 Å². The topological polar surface area (TPSA) is 65.5 Å². The molecule has 1 aliphatic heterocycles. The van der Waals surface area contributed by atoms with Crippen LogP contribution in [0.25, 0.3) is 0 Å². The number of nitrogens with one attached hydrogen (secondary N) is 3. The van der Waals surface area contributed by atoms with Gasteiger partial charge >= 0.3 is 0 Å². The van der Waals surface area contributed by atoms with Gasteiger partial charge in [-0.1, -0.05) is 0 Å². The van der Waals surface area contributed by atoms with E-state index in [0.29, 0.717) is 13.1 Å². The zero-order valence-electron chi connectivity index (χ0n) is 10.8. The highest BCUT2D eigenvalue weighted by Crippen LogP contribution is 2.13. The van der Waals surface area contributed by atoms with Crippen LogP contribution in [0.4, 0.5) is 0 Å².